The van der Waals surface area contributed by atoms with Crippen molar-refractivity contribution in [2.24, 2.45) is 0 Å². The second-order valence-electron chi connectivity index (χ2n) is 5.71. The number of nitrogens with one attached hydrogen (secondary N) is 1. The Hall–Kier alpha value is -2.17. The lowest BCUT2D eigenvalue weighted by molar-refractivity contribution is 0.102. The molecule has 4 heteroatoms. The zero-order valence-electron chi connectivity index (χ0n) is 13.3. The van der Waals surface area contributed by atoms with Crippen LogP contribution in [0.2, 0.25) is 0 Å². The molecule has 2 rings (SSSR count). The maximum Gasteiger partial charge on any atom is 0.255 e. The van der Waals surface area contributed by atoms with Gasteiger partial charge in [-0.05, 0) is 50.3 Å². The lowest BCUT2D eigenvalue weighted by Crippen LogP contribution is -2.17. The van der Waals surface area contributed by atoms with Gasteiger partial charge in [0.05, 0.1) is 6.61 Å². The Bertz CT molecular complexity index is 666. The van der Waals surface area contributed by atoms with Gasteiger partial charge in [0.25, 0.3) is 5.91 Å². The monoisotopic (exact) mass is 298 g/mol. The number of carbonyl (C=O) groups is 1. The highest BCUT2D eigenvalue weighted by molar-refractivity contribution is 6.04. The summed E-state index contributed by atoms with van der Waals surface area (Å²) in [6.45, 7) is 2.72. The first-order valence-electron chi connectivity index (χ1n) is 7.25. The number of hydrogen-bond acceptors (Lipinski definition) is 3. The van der Waals surface area contributed by atoms with Crippen LogP contribution in [0.1, 0.15) is 27.0 Å². The van der Waals surface area contributed by atoms with Crippen molar-refractivity contribution in [2.45, 2.75) is 20.1 Å². The standard InChI is InChI=1S/C18H22N2O2/c1-13-7-8-17(16(9-13)11-20(2)3)19-18(22)15-6-4-5-14(10-15)12-21/h4-10,21H,11-12H2,1-3H3,(H,19,22). The molecule has 116 valence electrons. The average molecular weight is 298 g/mol. The molecule has 0 atom stereocenters. The van der Waals surface area contributed by atoms with E-state index in [9.17, 15) is 9.90 Å². The van der Waals surface area contributed by atoms with Crippen LogP contribution >= 0.6 is 0 Å². The number of hydrogen-bond donors (Lipinski definition) is 2. The largest absolute Gasteiger partial charge is 0.392 e. The molecule has 4 nitrogen and oxygen atoms in total. The van der Waals surface area contributed by atoms with Crippen LogP contribution < -0.4 is 5.32 Å². The summed E-state index contributed by atoms with van der Waals surface area (Å²) < 4.78 is 0. The number of aliphatic hydroxyl groups is 1. The van der Waals surface area contributed by atoms with E-state index in [1.165, 1.54) is 0 Å². The minimum Gasteiger partial charge on any atom is -0.392 e. The molecule has 2 aromatic carbocycles. The minimum atomic E-state index is -0.167. The lowest BCUT2D eigenvalue weighted by atomic mass is 10.1. The summed E-state index contributed by atoms with van der Waals surface area (Å²) in [7, 11) is 4.00. The molecule has 0 saturated heterocycles. The highest BCUT2D eigenvalue weighted by Crippen LogP contribution is 2.20. The summed E-state index contributed by atoms with van der Waals surface area (Å²) in [4.78, 5) is 14.5. The number of anilines is 1. The van der Waals surface area contributed by atoms with Crippen LogP contribution in [-0.2, 0) is 13.2 Å². The fourth-order valence-corrected chi connectivity index (χ4v) is 2.32. The maximum atomic E-state index is 12.4. The van der Waals surface area contributed by atoms with E-state index in [-0.39, 0.29) is 12.5 Å². The van der Waals surface area contributed by atoms with Crippen molar-refractivity contribution in [1.29, 1.82) is 0 Å². The van der Waals surface area contributed by atoms with Gasteiger partial charge in [-0.3, -0.25) is 4.79 Å². The van der Waals surface area contributed by atoms with Crippen LogP contribution in [0.25, 0.3) is 0 Å². The van der Waals surface area contributed by atoms with E-state index in [2.05, 4.69) is 16.3 Å². The molecule has 0 heterocycles. The first-order valence-corrected chi connectivity index (χ1v) is 7.25. The van der Waals surface area contributed by atoms with Gasteiger partial charge in [-0.25, -0.2) is 0 Å². The molecule has 0 aliphatic carbocycles. The van der Waals surface area contributed by atoms with Crippen LogP contribution in [0, 0.1) is 6.92 Å². The Kier molecular flexibility index (Phi) is 5.31. The Labute approximate surface area is 131 Å². The van der Waals surface area contributed by atoms with E-state index in [4.69, 9.17) is 0 Å². The molecule has 0 aliphatic rings. The quantitative estimate of drug-likeness (QED) is 0.892. The zero-order chi connectivity index (χ0) is 16.1. The van der Waals surface area contributed by atoms with Crippen molar-refractivity contribution in [3.8, 4) is 0 Å². The Morgan fingerprint density at radius 2 is 1.95 bits per heavy atom. The number of rotatable bonds is 5. The van der Waals surface area contributed by atoms with Gasteiger partial charge in [0.1, 0.15) is 0 Å². The summed E-state index contributed by atoms with van der Waals surface area (Å²) in [6.07, 6.45) is 0. The number of nitrogens with zero attached hydrogens (tertiary/aromatic N) is 1. The van der Waals surface area contributed by atoms with Gasteiger partial charge in [-0.2, -0.15) is 0 Å². The molecule has 0 fully saturated rings. The molecular formula is C18H22N2O2. The van der Waals surface area contributed by atoms with E-state index in [0.717, 1.165) is 28.9 Å². The molecule has 0 bridgehead atoms. The number of amides is 1. The first kappa shape index (κ1) is 16.2. The number of benzene rings is 2. The molecule has 1 amide bonds. The second kappa shape index (κ2) is 7.20. The molecular weight excluding hydrogens is 276 g/mol. The van der Waals surface area contributed by atoms with E-state index in [0.29, 0.717) is 5.56 Å². The van der Waals surface area contributed by atoms with Gasteiger partial charge in [0.15, 0.2) is 0 Å². The van der Waals surface area contributed by atoms with Crippen molar-refractivity contribution in [1.82, 2.24) is 4.90 Å². The van der Waals surface area contributed by atoms with Crippen LogP contribution in [0.15, 0.2) is 42.5 Å². The Morgan fingerprint density at radius 3 is 2.64 bits per heavy atom. The summed E-state index contributed by atoms with van der Waals surface area (Å²) >= 11 is 0. The van der Waals surface area contributed by atoms with Crippen molar-refractivity contribution in [3.63, 3.8) is 0 Å². The van der Waals surface area contributed by atoms with E-state index < -0.39 is 0 Å². The highest BCUT2D eigenvalue weighted by Gasteiger charge is 2.10. The molecule has 2 N–H and O–H groups in total. The fraction of sp³-hybridized carbons (Fsp3) is 0.278. The third kappa shape index (κ3) is 4.16. The molecule has 0 aromatic heterocycles. The molecule has 0 radical (unpaired) electrons. The SMILES string of the molecule is Cc1ccc(NC(=O)c2cccc(CO)c2)c(CN(C)C)c1. The summed E-state index contributed by atoms with van der Waals surface area (Å²) in [5.41, 5.74) is 4.33. The van der Waals surface area contributed by atoms with Crippen molar-refractivity contribution >= 4 is 11.6 Å². The molecule has 2 aromatic rings. The van der Waals surface area contributed by atoms with Gasteiger partial charge < -0.3 is 15.3 Å². The number of aryl methyl sites for hydroxylation is 1. The van der Waals surface area contributed by atoms with E-state index >= 15 is 0 Å². The third-order valence-corrected chi connectivity index (χ3v) is 3.37. The van der Waals surface area contributed by atoms with Gasteiger partial charge in [-0.15, -0.1) is 0 Å². The Morgan fingerprint density at radius 1 is 1.18 bits per heavy atom. The van der Waals surface area contributed by atoms with Crippen LogP contribution in [0.4, 0.5) is 5.69 Å². The summed E-state index contributed by atoms with van der Waals surface area (Å²) in [6, 6.07) is 13.0. The van der Waals surface area contributed by atoms with Gasteiger partial charge in [0.2, 0.25) is 0 Å². The highest BCUT2D eigenvalue weighted by atomic mass is 16.3. The molecule has 22 heavy (non-hydrogen) atoms. The van der Waals surface area contributed by atoms with Crippen molar-refractivity contribution in [3.05, 3.63) is 64.7 Å². The normalized spacial score (nSPS) is 10.8. The second-order valence-corrected chi connectivity index (χ2v) is 5.71. The van der Waals surface area contributed by atoms with Crippen LogP contribution in [-0.4, -0.2) is 30.0 Å². The lowest BCUT2D eigenvalue weighted by Gasteiger charge is -2.16. The molecule has 0 aliphatic heterocycles. The Balaban J connectivity index is 2.24. The first-order chi connectivity index (χ1) is 10.5. The summed E-state index contributed by atoms with van der Waals surface area (Å²) in [5.74, 6) is -0.167. The topological polar surface area (TPSA) is 52.6 Å². The van der Waals surface area contributed by atoms with Crippen LogP contribution in [0.3, 0.4) is 0 Å². The molecule has 0 spiro atoms. The van der Waals surface area contributed by atoms with E-state index in [1.807, 2.05) is 33.2 Å². The maximum absolute atomic E-state index is 12.4. The summed E-state index contributed by atoms with van der Waals surface area (Å²) in [5, 5.41) is 12.1. The smallest absolute Gasteiger partial charge is 0.255 e. The third-order valence-electron chi connectivity index (χ3n) is 3.37. The molecule has 0 unspecified atom stereocenters. The van der Waals surface area contributed by atoms with Crippen molar-refractivity contribution < 1.29 is 9.90 Å². The number of aliphatic hydroxyl groups excluding tert-OH is 1. The predicted molar refractivity (Wildman–Crippen MR) is 88.9 cm³/mol. The van der Waals surface area contributed by atoms with E-state index in [1.54, 1.807) is 24.3 Å². The van der Waals surface area contributed by atoms with Crippen molar-refractivity contribution in [2.75, 3.05) is 19.4 Å². The number of carbonyl (C=O) groups excluding carboxylic acids is 1. The molecule has 0 saturated carbocycles. The van der Waals surface area contributed by atoms with Gasteiger partial charge in [-0.1, -0.05) is 29.8 Å². The van der Waals surface area contributed by atoms with Crippen LogP contribution in [0.5, 0.6) is 0 Å². The van der Waals surface area contributed by atoms with Gasteiger partial charge >= 0.3 is 0 Å². The fourth-order valence-electron chi connectivity index (χ4n) is 2.32. The predicted octanol–water partition coefficient (Wildman–Crippen LogP) is 2.80. The minimum absolute atomic E-state index is 0.0719. The average Bonchev–Trinajstić information content (AvgIpc) is 2.49. The zero-order valence-corrected chi connectivity index (χ0v) is 13.3. The van der Waals surface area contributed by atoms with Gasteiger partial charge in [0, 0.05) is 17.8 Å².